The molecule has 1 aliphatic heterocycles. The highest BCUT2D eigenvalue weighted by Crippen LogP contribution is 2.28. The number of hydrogen-bond acceptors (Lipinski definition) is 10. The number of carbonyl (C=O) groups excluding carboxylic acids is 5. The Morgan fingerprint density at radius 3 is 1.97 bits per heavy atom. The Hall–Kier alpha value is -3.13. The Balaban J connectivity index is 3.30. The number of nitrogens with one attached hydrogen (secondary N) is 1. The highest BCUT2D eigenvalue weighted by Gasteiger charge is 2.52. The van der Waals surface area contributed by atoms with Crippen LogP contribution in [0.25, 0.3) is 0 Å². The van der Waals surface area contributed by atoms with E-state index in [1.165, 1.54) is 0 Å². The molecule has 0 aromatic rings. The highest BCUT2D eigenvalue weighted by atomic mass is 16.7. The maximum Gasteiger partial charge on any atom is 0.305 e. The van der Waals surface area contributed by atoms with Gasteiger partial charge in [0.25, 0.3) is 0 Å². The Morgan fingerprint density at radius 2 is 1.47 bits per heavy atom. The largest absolute Gasteiger partial charge is 0.463 e. The van der Waals surface area contributed by atoms with E-state index in [0.29, 0.717) is 0 Å². The van der Waals surface area contributed by atoms with Crippen molar-refractivity contribution < 1.29 is 47.7 Å². The summed E-state index contributed by atoms with van der Waals surface area (Å²) in [5.74, 6) is -1.10. The van der Waals surface area contributed by atoms with E-state index in [1.807, 2.05) is 0 Å². The van der Waals surface area contributed by atoms with Crippen molar-refractivity contribution in [3.05, 3.63) is 0 Å². The van der Waals surface area contributed by atoms with Crippen molar-refractivity contribution in [2.45, 2.75) is 71.2 Å². The fourth-order valence-electron chi connectivity index (χ4n) is 2.76. The first-order chi connectivity index (χ1) is 14.0. The second kappa shape index (κ2) is 11.8. The van der Waals surface area contributed by atoms with Gasteiger partial charge in [-0.2, -0.15) is 0 Å². The molecule has 11 nitrogen and oxygen atoms in total. The summed E-state index contributed by atoms with van der Waals surface area (Å²) in [5, 5.41) is 2.54. The predicted octanol–water partition coefficient (Wildman–Crippen LogP) is -0.401. The molecule has 1 heterocycles. The lowest BCUT2D eigenvalue weighted by molar-refractivity contribution is -0.271. The van der Waals surface area contributed by atoms with Gasteiger partial charge in [-0.1, -0.05) is 0 Å². The lowest BCUT2D eigenvalue weighted by Crippen LogP contribution is -2.67. The molecule has 0 aromatic heterocycles. The van der Waals surface area contributed by atoms with Crippen LogP contribution in [0.5, 0.6) is 0 Å². The second-order valence-corrected chi connectivity index (χ2v) is 6.40. The lowest BCUT2D eigenvalue weighted by atomic mass is 9.96. The summed E-state index contributed by atoms with van der Waals surface area (Å²) < 4.78 is 26.2. The van der Waals surface area contributed by atoms with Crippen LogP contribution in [-0.4, -0.2) is 67.0 Å². The van der Waals surface area contributed by atoms with Crippen molar-refractivity contribution in [1.82, 2.24) is 5.32 Å². The van der Waals surface area contributed by atoms with Gasteiger partial charge < -0.3 is 29.0 Å². The first-order valence-electron chi connectivity index (χ1n) is 9.08. The molecule has 0 radical (unpaired) electrons. The summed E-state index contributed by atoms with van der Waals surface area (Å²) in [6.07, 6.45) is 0.0964. The third-order valence-corrected chi connectivity index (χ3v) is 3.81. The SMILES string of the molecule is C#CCCC(=O)N[C@H]1[C@@H](OC(C)=O)O[C@H](COC(C)=O)[C@H](OC(C)=O)[C@@H]1OC(C)=O. The minimum atomic E-state index is -1.42. The monoisotopic (exact) mass is 427 g/mol. The van der Waals surface area contributed by atoms with Crippen LogP contribution < -0.4 is 5.32 Å². The van der Waals surface area contributed by atoms with Gasteiger partial charge >= 0.3 is 23.9 Å². The zero-order valence-corrected chi connectivity index (χ0v) is 17.2. The molecule has 0 bridgehead atoms. The maximum absolute atomic E-state index is 12.2. The minimum Gasteiger partial charge on any atom is -0.463 e. The molecule has 0 spiro atoms. The van der Waals surface area contributed by atoms with Crippen LogP contribution in [0.15, 0.2) is 0 Å². The third kappa shape index (κ3) is 8.08. The summed E-state index contributed by atoms with van der Waals surface area (Å²) in [5.41, 5.74) is 0. The smallest absolute Gasteiger partial charge is 0.305 e. The lowest BCUT2D eigenvalue weighted by Gasteiger charge is -2.44. The molecule has 0 aromatic carbocycles. The standard InChI is InChI=1S/C19H25NO10/c1-6-7-8-15(25)20-16-18(28-12(4)23)17(27-11(3)22)14(9-26-10(2)21)30-19(16)29-13(5)24/h1,14,16-19H,7-9H2,2-5H3,(H,20,25)/t14-,16-,17+,18-,19+/m1/s1. The van der Waals surface area contributed by atoms with Gasteiger partial charge in [-0.05, 0) is 0 Å². The molecule has 1 rings (SSSR count). The Morgan fingerprint density at radius 1 is 0.900 bits per heavy atom. The quantitative estimate of drug-likeness (QED) is 0.309. The average Bonchev–Trinajstić information content (AvgIpc) is 2.62. The number of rotatable bonds is 8. The molecule has 166 valence electrons. The van der Waals surface area contributed by atoms with Gasteiger partial charge in [0.2, 0.25) is 12.2 Å². The number of terminal acetylenes is 1. The van der Waals surface area contributed by atoms with Gasteiger partial charge in [-0.3, -0.25) is 24.0 Å². The van der Waals surface area contributed by atoms with E-state index >= 15 is 0 Å². The van der Waals surface area contributed by atoms with Crippen molar-refractivity contribution in [2.75, 3.05) is 6.61 Å². The van der Waals surface area contributed by atoms with Crippen LogP contribution in [0.3, 0.4) is 0 Å². The molecule has 1 amide bonds. The molecule has 1 fully saturated rings. The van der Waals surface area contributed by atoms with Gasteiger partial charge in [0.05, 0.1) is 0 Å². The van der Waals surface area contributed by atoms with Gasteiger partial charge in [-0.15, -0.1) is 12.3 Å². The van der Waals surface area contributed by atoms with Gasteiger partial charge in [0, 0.05) is 40.5 Å². The Kier molecular flexibility index (Phi) is 9.77. The summed E-state index contributed by atoms with van der Waals surface area (Å²) in [6, 6.07) is -1.22. The predicted molar refractivity (Wildman–Crippen MR) is 98.2 cm³/mol. The zero-order chi connectivity index (χ0) is 22.8. The molecule has 30 heavy (non-hydrogen) atoms. The molecule has 1 N–H and O–H groups in total. The van der Waals surface area contributed by atoms with E-state index in [1.54, 1.807) is 0 Å². The summed E-state index contributed by atoms with van der Waals surface area (Å²) in [7, 11) is 0. The Labute approximate surface area is 173 Å². The van der Waals surface area contributed by atoms with Gasteiger partial charge in [0.1, 0.15) is 18.8 Å². The van der Waals surface area contributed by atoms with Crippen LogP contribution in [0.4, 0.5) is 0 Å². The van der Waals surface area contributed by atoms with E-state index < -0.39 is 60.4 Å². The van der Waals surface area contributed by atoms with Crippen molar-refractivity contribution >= 4 is 29.8 Å². The van der Waals surface area contributed by atoms with E-state index in [-0.39, 0.29) is 19.4 Å². The van der Waals surface area contributed by atoms with Crippen LogP contribution in [-0.2, 0) is 47.7 Å². The minimum absolute atomic E-state index is 0.0539. The number of esters is 4. The average molecular weight is 427 g/mol. The van der Waals surface area contributed by atoms with Crippen molar-refractivity contribution in [3.8, 4) is 12.3 Å². The fourth-order valence-corrected chi connectivity index (χ4v) is 2.76. The summed E-state index contributed by atoms with van der Waals surface area (Å²) >= 11 is 0. The maximum atomic E-state index is 12.2. The zero-order valence-electron chi connectivity index (χ0n) is 17.2. The first-order valence-corrected chi connectivity index (χ1v) is 9.08. The second-order valence-electron chi connectivity index (χ2n) is 6.40. The number of ether oxygens (including phenoxy) is 5. The van der Waals surface area contributed by atoms with E-state index in [4.69, 9.17) is 30.1 Å². The van der Waals surface area contributed by atoms with Crippen molar-refractivity contribution in [1.29, 1.82) is 0 Å². The van der Waals surface area contributed by atoms with Crippen LogP contribution in [0, 0.1) is 12.3 Å². The number of amides is 1. The molecule has 0 aliphatic carbocycles. The van der Waals surface area contributed by atoms with E-state index in [2.05, 4.69) is 11.2 Å². The van der Waals surface area contributed by atoms with Gasteiger partial charge in [0.15, 0.2) is 12.2 Å². The van der Waals surface area contributed by atoms with Crippen LogP contribution in [0.2, 0.25) is 0 Å². The van der Waals surface area contributed by atoms with Crippen molar-refractivity contribution in [3.63, 3.8) is 0 Å². The topological polar surface area (TPSA) is 144 Å². The van der Waals surface area contributed by atoms with Crippen LogP contribution >= 0.6 is 0 Å². The van der Waals surface area contributed by atoms with E-state index in [9.17, 15) is 24.0 Å². The molecular formula is C19H25NO10. The molecule has 1 aliphatic rings. The fraction of sp³-hybridized carbons (Fsp3) is 0.632. The molecule has 5 atom stereocenters. The molecule has 0 saturated carbocycles. The normalized spacial score (nSPS) is 25.2. The number of carbonyl (C=O) groups is 5. The molecular weight excluding hydrogens is 402 g/mol. The van der Waals surface area contributed by atoms with E-state index in [0.717, 1.165) is 27.7 Å². The van der Waals surface area contributed by atoms with Gasteiger partial charge in [-0.25, -0.2) is 0 Å². The third-order valence-electron chi connectivity index (χ3n) is 3.81. The molecule has 1 saturated heterocycles. The highest BCUT2D eigenvalue weighted by molar-refractivity contribution is 5.77. The molecule has 0 unspecified atom stereocenters. The van der Waals surface area contributed by atoms with Crippen molar-refractivity contribution in [2.24, 2.45) is 0 Å². The first kappa shape index (κ1) is 24.9. The van der Waals surface area contributed by atoms with Crippen LogP contribution in [0.1, 0.15) is 40.5 Å². The molecule has 11 heteroatoms. The summed E-state index contributed by atoms with van der Waals surface area (Å²) in [6.45, 7) is 4.11. The summed E-state index contributed by atoms with van der Waals surface area (Å²) in [4.78, 5) is 58.4. The number of hydrogen-bond donors (Lipinski definition) is 1. The Bertz CT molecular complexity index is 713.